The van der Waals surface area contributed by atoms with Gasteiger partial charge in [-0.25, -0.2) is 0 Å². The van der Waals surface area contributed by atoms with E-state index in [1.807, 2.05) is 0 Å². The van der Waals surface area contributed by atoms with Crippen LogP contribution in [-0.4, -0.2) is 49.6 Å². The number of benzene rings is 2. The Labute approximate surface area is 196 Å². The summed E-state index contributed by atoms with van der Waals surface area (Å²) in [7, 11) is 0. The van der Waals surface area contributed by atoms with Crippen LogP contribution in [0, 0.1) is 21.8 Å². The number of halogens is 4. The second-order valence-electron chi connectivity index (χ2n) is 8.12. The number of carbonyl (C=O) groups excluding carboxylic acids is 2. The molecule has 35 heavy (non-hydrogen) atoms. The second kappa shape index (κ2) is 9.49. The summed E-state index contributed by atoms with van der Waals surface area (Å²) in [5.74, 6) is -3.20. The number of nitro benzene ring substituents is 1. The topological polar surface area (TPSA) is 105 Å². The van der Waals surface area contributed by atoms with E-state index >= 15 is 0 Å². The fraction of sp³-hybridized carbons (Fsp3) is 0.364. The molecule has 186 valence electrons. The summed E-state index contributed by atoms with van der Waals surface area (Å²) in [6.45, 7) is 1.44. The monoisotopic (exact) mass is 496 g/mol. The maximum absolute atomic E-state index is 13.7. The van der Waals surface area contributed by atoms with E-state index in [9.17, 15) is 37.3 Å². The van der Waals surface area contributed by atoms with Gasteiger partial charge in [0, 0.05) is 32.1 Å². The molecule has 1 atom stereocenters. The van der Waals surface area contributed by atoms with E-state index in [1.165, 1.54) is 12.1 Å². The van der Waals surface area contributed by atoms with Crippen LogP contribution in [-0.2, 0) is 20.5 Å². The number of amides is 2. The van der Waals surface area contributed by atoms with Crippen molar-refractivity contribution in [3.63, 3.8) is 0 Å². The standard InChI is InChI=1S/C22H20F4N4O5/c23-16-3-2-15(11-19(16)30(33)34)29-12-13(9-20(29)31)21(32)27-17-10-14(22(24,25)26)1-4-18(17)28-5-7-35-8-6-28/h1-4,10-11,13H,5-9,12H2,(H,27,32). The van der Waals surface area contributed by atoms with Gasteiger partial charge in [-0.2, -0.15) is 17.6 Å². The summed E-state index contributed by atoms with van der Waals surface area (Å²) in [4.78, 5) is 38.5. The van der Waals surface area contributed by atoms with Crippen molar-refractivity contribution in [3.05, 3.63) is 57.9 Å². The predicted molar refractivity (Wildman–Crippen MR) is 117 cm³/mol. The molecule has 0 saturated carbocycles. The molecule has 0 spiro atoms. The number of rotatable bonds is 5. The molecule has 2 aromatic rings. The van der Waals surface area contributed by atoms with Crippen molar-refractivity contribution in [2.24, 2.45) is 5.92 Å². The third-order valence-corrected chi connectivity index (χ3v) is 5.87. The Morgan fingerprint density at radius 1 is 1.14 bits per heavy atom. The van der Waals surface area contributed by atoms with Gasteiger partial charge in [0.2, 0.25) is 17.6 Å². The highest BCUT2D eigenvalue weighted by Gasteiger charge is 2.37. The molecule has 1 N–H and O–H groups in total. The Hall–Kier alpha value is -3.74. The minimum absolute atomic E-state index is 0.0463. The number of nitrogens with zero attached hydrogens (tertiary/aromatic N) is 3. The molecular weight excluding hydrogens is 476 g/mol. The van der Waals surface area contributed by atoms with Crippen molar-refractivity contribution in [1.29, 1.82) is 0 Å². The van der Waals surface area contributed by atoms with Gasteiger partial charge in [0.15, 0.2) is 0 Å². The molecular formula is C22H20F4N4O5. The van der Waals surface area contributed by atoms with Gasteiger partial charge in [0.25, 0.3) is 0 Å². The predicted octanol–water partition coefficient (Wildman–Crippen LogP) is 3.58. The third kappa shape index (κ3) is 5.19. The molecule has 2 aromatic carbocycles. The maximum Gasteiger partial charge on any atom is 0.416 e. The highest BCUT2D eigenvalue weighted by atomic mass is 19.4. The lowest BCUT2D eigenvalue weighted by molar-refractivity contribution is -0.387. The summed E-state index contributed by atoms with van der Waals surface area (Å²) >= 11 is 0. The molecule has 2 heterocycles. The van der Waals surface area contributed by atoms with E-state index in [0.717, 1.165) is 29.2 Å². The Morgan fingerprint density at radius 3 is 2.51 bits per heavy atom. The normalized spacial score (nSPS) is 18.6. The van der Waals surface area contributed by atoms with Crippen molar-refractivity contribution in [2.45, 2.75) is 12.6 Å². The SMILES string of the molecule is O=C(Nc1cc(C(F)(F)F)ccc1N1CCOCC1)C1CC(=O)N(c2ccc(F)c([N+](=O)[O-])c2)C1. The average molecular weight is 496 g/mol. The van der Waals surface area contributed by atoms with Crippen molar-refractivity contribution < 1.29 is 36.8 Å². The Kier molecular flexibility index (Phi) is 6.61. The molecule has 2 aliphatic rings. The fourth-order valence-electron chi connectivity index (χ4n) is 4.07. The first-order chi connectivity index (χ1) is 16.5. The number of ether oxygens (including phenoxy) is 1. The van der Waals surface area contributed by atoms with Crippen LogP contribution in [0.15, 0.2) is 36.4 Å². The quantitative estimate of drug-likeness (QED) is 0.386. The lowest BCUT2D eigenvalue weighted by Gasteiger charge is -2.31. The van der Waals surface area contributed by atoms with E-state index in [0.29, 0.717) is 32.0 Å². The van der Waals surface area contributed by atoms with Crippen LogP contribution in [0.25, 0.3) is 0 Å². The molecule has 4 rings (SSSR count). The van der Waals surface area contributed by atoms with Gasteiger partial charge in [-0.3, -0.25) is 19.7 Å². The van der Waals surface area contributed by atoms with E-state index in [4.69, 9.17) is 4.74 Å². The number of hydrogen-bond donors (Lipinski definition) is 1. The smallest absolute Gasteiger partial charge is 0.378 e. The number of nitro groups is 1. The van der Waals surface area contributed by atoms with Gasteiger partial charge in [-0.05, 0) is 30.3 Å². The van der Waals surface area contributed by atoms with Gasteiger partial charge in [-0.15, -0.1) is 0 Å². The maximum atomic E-state index is 13.7. The molecule has 13 heteroatoms. The lowest BCUT2D eigenvalue weighted by atomic mass is 10.1. The van der Waals surface area contributed by atoms with Crippen molar-refractivity contribution in [1.82, 2.24) is 0 Å². The van der Waals surface area contributed by atoms with Crippen LogP contribution in [0.3, 0.4) is 0 Å². The molecule has 0 aliphatic carbocycles. The van der Waals surface area contributed by atoms with Crippen LogP contribution >= 0.6 is 0 Å². The van der Waals surface area contributed by atoms with Crippen molar-refractivity contribution in [2.75, 3.05) is 48.0 Å². The first kappa shape index (κ1) is 24.4. The fourth-order valence-corrected chi connectivity index (χ4v) is 4.07. The number of alkyl halides is 3. The van der Waals surface area contributed by atoms with E-state index in [1.54, 1.807) is 4.90 Å². The first-order valence-corrected chi connectivity index (χ1v) is 10.6. The van der Waals surface area contributed by atoms with Gasteiger partial charge >= 0.3 is 11.9 Å². The largest absolute Gasteiger partial charge is 0.416 e. The Morgan fingerprint density at radius 2 is 1.86 bits per heavy atom. The Balaban J connectivity index is 1.56. The van der Waals surface area contributed by atoms with Crippen LogP contribution in [0.5, 0.6) is 0 Å². The zero-order valence-electron chi connectivity index (χ0n) is 18.2. The number of nitrogens with one attached hydrogen (secondary N) is 1. The second-order valence-corrected chi connectivity index (χ2v) is 8.12. The molecule has 0 bridgehead atoms. The van der Waals surface area contributed by atoms with Gasteiger partial charge in [-0.1, -0.05) is 0 Å². The van der Waals surface area contributed by atoms with Gasteiger partial charge in [0.1, 0.15) is 0 Å². The lowest BCUT2D eigenvalue weighted by Crippen LogP contribution is -2.37. The van der Waals surface area contributed by atoms with E-state index in [2.05, 4.69) is 5.32 Å². The molecule has 1 unspecified atom stereocenters. The van der Waals surface area contributed by atoms with Crippen LogP contribution in [0.4, 0.5) is 40.3 Å². The third-order valence-electron chi connectivity index (χ3n) is 5.87. The molecule has 0 radical (unpaired) electrons. The minimum atomic E-state index is -4.62. The van der Waals surface area contributed by atoms with Crippen LogP contribution in [0.2, 0.25) is 0 Å². The Bertz CT molecular complexity index is 1170. The number of morpholine rings is 1. The van der Waals surface area contributed by atoms with Gasteiger partial charge < -0.3 is 19.9 Å². The number of anilines is 3. The highest BCUT2D eigenvalue weighted by molar-refractivity contribution is 6.04. The highest BCUT2D eigenvalue weighted by Crippen LogP contribution is 2.37. The summed E-state index contributed by atoms with van der Waals surface area (Å²) in [6.07, 6.45) is -4.89. The zero-order valence-corrected chi connectivity index (χ0v) is 18.2. The minimum Gasteiger partial charge on any atom is -0.378 e. The molecule has 2 fully saturated rings. The van der Waals surface area contributed by atoms with Gasteiger partial charge in [0.05, 0.1) is 46.7 Å². The van der Waals surface area contributed by atoms with Crippen LogP contribution < -0.4 is 15.1 Å². The first-order valence-electron chi connectivity index (χ1n) is 10.6. The summed E-state index contributed by atoms with van der Waals surface area (Å²) in [6, 6.07) is 6.00. The van der Waals surface area contributed by atoms with Crippen LogP contribution in [0.1, 0.15) is 12.0 Å². The number of carbonyl (C=O) groups is 2. The van der Waals surface area contributed by atoms with E-state index < -0.39 is 45.9 Å². The number of hydrogen-bond acceptors (Lipinski definition) is 6. The molecule has 2 amide bonds. The van der Waals surface area contributed by atoms with Crippen molar-refractivity contribution >= 4 is 34.6 Å². The van der Waals surface area contributed by atoms with Crippen molar-refractivity contribution in [3.8, 4) is 0 Å². The molecule has 2 aliphatic heterocycles. The molecule has 0 aromatic heterocycles. The summed E-state index contributed by atoms with van der Waals surface area (Å²) < 4.78 is 58.9. The van der Waals surface area contributed by atoms with E-state index in [-0.39, 0.29) is 24.3 Å². The average Bonchev–Trinajstić information content (AvgIpc) is 3.21. The zero-order chi connectivity index (χ0) is 25.3. The molecule has 2 saturated heterocycles. The molecule has 9 nitrogen and oxygen atoms in total. The summed E-state index contributed by atoms with van der Waals surface area (Å²) in [5, 5.41) is 13.5. The summed E-state index contributed by atoms with van der Waals surface area (Å²) in [5.41, 5.74) is -1.36.